The molecule has 4 aromatic rings. The Kier molecular flexibility index (Phi) is 9.96. The van der Waals surface area contributed by atoms with Crippen molar-refractivity contribution in [1.29, 1.82) is 0 Å². The summed E-state index contributed by atoms with van der Waals surface area (Å²) in [7, 11) is 0. The fourth-order valence-corrected chi connectivity index (χ4v) is 8.14. The number of nitrogens with zero attached hydrogens (tertiary/aromatic N) is 2. The Balaban J connectivity index is 1.15. The molecule has 2 saturated carbocycles. The van der Waals surface area contributed by atoms with Crippen LogP contribution in [0.4, 0.5) is 0 Å². The molecule has 3 N–H and O–H groups in total. The van der Waals surface area contributed by atoms with Crippen molar-refractivity contribution >= 4 is 5.91 Å². The van der Waals surface area contributed by atoms with E-state index in [9.17, 15) is 14.7 Å². The molecule has 0 radical (unpaired) electrons. The van der Waals surface area contributed by atoms with E-state index in [2.05, 4.69) is 40.7 Å². The lowest BCUT2D eigenvalue weighted by Crippen LogP contribution is -2.50. The zero-order valence-corrected chi connectivity index (χ0v) is 28.4. The first-order valence-corrected chi connectivity index (χ1v) is 18.2. The molecule has 49 heavy (non-hydrogen) atoms. The molecule has 3 atom stereocenters. The summed E-state index contributed by atoms with van der Waals surface area (Å²) in [5.41, 5.74) is 4.46. The summed E-state index contributed by atoms with van der Waals surface area (Å²) in [6, 6.07) is 23.1. The molecule has 0 saturated heterocycles. The molecule has 1 amide bonds. The van der Waals surface area contributed by atoms with Crippen LogP contribution < -0.4 is 20.9 Å². The van der Waals surface area contributed by atoms with Crippen LogP contribution >= 0.6 is 0 Å². The highest BCUT2D eigenvalue weighted by molar-refractivity contribution is 5.95. The third-order valence-corrected chi connectivity index (χ3v) is 10.9. The van der Waals surface area contributed by atoms with Crippen molar-refractivity contribution in [2.75, 3.05) is 6.54 Å². The fourth-order valence-electron chi connectivity index (χ4n) is 8.14. The standard InChI is InChI=1S/C41H48N4O4/c1-2-28-17-18-38-32(22-28)36(25-41(49-38)19-9-10-20-41)43-26-37(46)35(23-29-12-4-3-5-13-29)44-39(47)30-24-33(34-16-8-11-21-42-34)40(48)45(27-30)31-14-6-7-15-31/h3-5,8,11-13,16-18,21-22,24,27,31,35-37,43,46H,2,6-7,9-10,14-15,19-20,23,25-26H2,1H3,(H,44,47)/t35-,36?,37+/m0/s1. The van der Waals surface area contributed by atoms with E-state index in [1.807, 2.05) is 42.5 Å². The second-order valence-corrected chi connectivity index (χ2v) is 14.2. The molecular formula is C41H48N4O4. The highest BCUT2D eigenvalue weighted by Crippen LogP contribution is 2.47. The Morgan fingerprint density at radius 3 is 2.51 bits per heavy atom. The van der Waals surface area contributed by atoms with Crippen molar-refractivity contribution in [2.24, 2.45) is 0 Å². The zero-order chi connectivity index (χ0) is 33.8. The van der Waals surface area contributed by atoms with Gasteiger partial charge in [-0.3, -0.25) is 14.6 Å². The minimum atomic E-state index is -0.875. The molecule has 8 heteroatoms. The third kappa shape index (κ3) is 7.36. The number of carbonyl (C=O) groups excluding carboxylic acids is 1. The first-order chi connectivity index (χ1) is 23.9. The molecular weight excluding hydrogens is 612 g/mol. The van der Waals surface area contributed by atoms with E-state index in [1.54, 1.807) is 29.1 Å². The first kappa shape index (κ1) is 33.2. The molecule has 2 aromatic heterocycles. The number of amides is 1. The van der Waals surface area contributed by atoms with Crippen molar-refractivity contribution in [3.63, 3.8) is 0 Å². The molecule has 1 aliphatic heterocycles. The smallest absolute Gasteiger partial charge is 0.260 e. The highest BCUT2D eigenvalue weighted by atomic mass is 16.5. The number of aromatic nitrogens is 2. The second kappa shape index (κ2) is 14.7. The maximum absolute atomic E-state index is 14.1. The number of fused-ring (bicyclic) bond motifs is 1. The van der Waals surface area contributed by atoms with Crippen molar-refractivity contribution in [3.05, 3.63) is 118 Å². The van der Waals surface area contributed by atoms with Crippen LogP contribution in [-0.2, 0) is 12.8 Å². The van der Waals surface area contributed by atoms with Crippen LogP contribution in [0.3, 0.4) is 0 Å². The molecule has 1 unspecified atom stereocenters. The third-order valence-electron chi connectivity index (χ3n) is 10.9. The summed E-state index contributed by atoms with van der Waals surface area (Å²) in [6.45, 7) is 2.46. The fraction of sp³-hybridized carbons (Fsp3) is 0.439. The quantitative estimate of drug-likeness (QED) is 0.165. The van der Waals surface area contributed by atoms with Gasteiger partial charge in [-0.25, -0.2) is 0 Å². The van der Waals surface area contributed by atoms with Crippen LogP contribution in [0.1, 0.15) is 104 Å². The average Bonchev–Trinajstić information content (AvgIpc) is 3.84. The first-order valence-electron chi connectivity index (χ1n) is 18.2. The van der Waals surface area contributed by atoms with Gasteiger partial charge < -0.3 is 25.0 Å². The predicted molar refractivity (Wildman–Crippen MR) is 192 cm³/mol. The molecule has 3 heterocycles. The van der Waals surface area contributed by atoms with E-state index < -0.39 is 12.1 Å². The Labute approximate surface area is 288 Å². The maximum Gasteiger partial charge on any atom is 0.260 e. The number of pyridine rings is 2. The Bertz CT molecular complexity index is 1800. The van der Waals surface area contributed by atoms with E-state index in [4.69, 9.17) is 4.74 Å². The summed E-state index contributed by atoms with van der Waals surface area (Å²) >= 11 is 0. The lowest BCUT2D eigenvalue weighted by Gasteiger charge is -2.41. The lowest BCUT2D eigenvalue weighted by atomic mass is 9.85. The van der Waals surface area contributed by atoms with Crippen molar-refractivity contribution in [2.45, 2.75) is 107 Å². The molecule has 2 aromatic carbocycles. The molecule has 2 aliphatic carbocycles. The molecule has 3 aliphatic rings. The summed E-state index contributed by atoms with van der Waals surface area (Å²) in [5.74, 6) is 0.616. The second-order valence-electron chi connectivity index (χ2n) is 14.2. The molecule has 1 spiro atoms. The Hall–Kier alpha value is -4.27. The summed E-state index contributed by atoms with van der Waals surface area (Å²) in [5, 5.41) is 18.7. The molecule has 2 fully saturated rings. The molecule has 256 valence electrons. The van der Waals surface area contributed by atoms with E-state index in [1.165, 1.54) is 18.4 Å². The van der Waals surface area contributed by atoms with Gasteiger partial charge in [0.1, 0.15) is 11.4 Å². The van der Waals surface area contributed by atoms with Crippen molar-refractivity contribution < 1.29 is 14.6 Å². The monoisotopic (exact) mass is 660 g/mol. The average molecular weight is 661 g/mol. The number of carbonyl (C=O) groups is 1. The largest absolute Gasteiger partial charge is 0.487 e. The summed E-state index contributed by atoms with van der Waals surface area (Å²) in [4.78, 5) is 32.3. The van der Waals surface area contributed by atoms with Crippen LogP contribution in [-0.4, -0.2) is 44.9 Å². The molecule has 7 rings (SSSR count). The van der Waals surface area contributed by atoms with Gasteiger partial charge >= 0.3 is 0 Å². The van der Waals surface area contributed by atoms with E-state index >= 15 is 0 Å². The van der Waals surface area contributed by atoms with Crippen LogP contribution in [0, 0.1) is 0 Å². The van der Waals surface area contributed by atoms with Crippen LogP contribution in [0.15, 0.2) is 90.0 Å². The van der Waals surface area contributed by atoms with Gasteiger partial charge in [-0.1, -0.05) is 68.3 Å². The van der Waals surface area contributed by atoms with Crippen molar-refractivity contribution in [1.82, 2.24) is 20.2 Å². The normalized spacial score (nSPS) is 19.7. The number of nitrogens with one attached hydrogen (secondary N) is 2. The van der Waals surface area contributed by atoms with Gasteiger partial charge in [0.05, 0.1) is 29.0 Å². The molecule has 0 bridgehead atoms. The zero-order valence-electron chi connectivity index (χ0n) is 28.4. The van der Waals surface area contributed by atoms with Crippen LogP contribution in [0.5, 0.6) is 5.75 Å². The van der Waals surface area contributed by atoms with Crippen LogP contribution in [0.2, 0.25) is 0 Å². The number of ether oxygens (including phenoxy) is 1. The SMILES string of the molecule is CCc1ccc2c(c1)C(NC[C@@H](O)[C@H](Cc1ccccc1)NC(=O)c1cc(-c3ccccn3)c(=O)n(C3CCCC3)c1)CC1(CCCC1)O2. The minimum absolute atomic E-state index is 0.0342. The van der Waals surface area contributed by atoms with Gasteiger partial charge in [-0.15, -0.1) is 0 Å². The van der Waals surface area contributed by atoms with Crippen molar-refractivity contribution in [3.8, 4) is 17.0 Å². The summed E-state index contributed by atoms with van der Waals surface area (Å²) < 4.78 is 8.39. The number of hydrogen-bond donors (Lipinski definition) is 3. The Morgan fingerprint density at radius 2 is 1.78 bits per heavy atom. The minimum Gasteiger partial charge on any atom is -0.487 e. The van der Waals surface area contributed by atoms with Gasteiger partial charge in [-0.2, -0.15) is 0 Å². The Morgan fingerprint density at radius 1 is 1.00 bits per heavy atom. The van der Waals surface area contributed by atoms with Gasteiger partial charge in [-0.05, 0) is 86.8 Å². The maximum atomic E-state index is 14.1. The topological polar surface area (TPSA) is 105 Å². The number of aliphatic hydroxyl groups excluding tert-OH is 1. The summed E-state index contributed by atoms with van der Waals surface area (Å²) in [6.07, 6.45) is 13.1. The van der Waals surface area contributed by atoms with E-state index in [0.717, 1.165) is 68.2 Å². The number of aliphatic hydroxyl groups is 1. The van der Waals surface area contributed by atoms with E-state index in [-0.39, 0.29) is 29.2 Å². The lowest BCUT2D eigenvalue weighted by molar-refractivity contribution is 0.0326. The number of rotatable bonds is 11. The number of benzene rings is 2. The number of aryl methyl sites for hydroxylation is 1. The van der Waals surface area contributed by atoms with Gasteiger partial charge in [0.15, 0.2) is 0 Å². The predicted octanol–water partition coefficient (Wildman–Crippen LogP) is 6.72. The van der Waals surface area contributed by atoms with E-state index in [0.29, 0.717) is 29.8 Å². The van der Waals surface area contributed by atoms with Crippen LogP contribution in [0.25, 0.3) is 11.3 Å². The van der Waals surface area contributed by atoms with Gasteiger partial charge in [0, 0.05) is 43.0 Å². The highest BCUT2D eigenvalue weighted by Gasteiger charge is 2.43. The molecule has 8 nitrogen and oxygen atoms in total. The number of hydrogen-bond acceptors (Lipinski definition) is 6. The van der Waals surface area contributed by atoms with Gasteiger partial charge in [0.2, 0.25) is 0 Å². The van der Waals surface area contributed by atoms with Gasteiger partial charge in [0.25, 0.3) is 11.5 Å².